The summed E-state index contributed by atoms with van der Waals surface area (Å²) in [6.45, 7) is 5.71. The second-order valence-corrected chi connectivity index (χ2v) is 6.23. The molecule has 2 atom stereocenters. The van der Waals surface area contributed by atoms with Gasteiger partial charge in [-0.3, -0.25) is 4.79 Å². The standard InChI is InChI=1S/C17H24FNO3/c1-11(2)7-15(17(21)22)19-16(20)9-12(3)8-13-5-4-6-14(18)10-13/h4-6,10-12,15H,7-9H2,1-3H3,(H,19,20)(H,21,22)/t12?,15-/m0/s1. The van der Waals surface area contributed by atoms with E-state index < -0.39 is 12.0 Å². The summed E-state index contributed by atoms with van der Waals surface area (Å²) in [5.41, 5.74) is 0.831. The fourth-order valence-electron chi connectivity index (χ4n) is 2.40. The summed E-state index contributed by atoms with van der Waals surface area (Å²) in [6, 6.07) is 5.43. The molecule has 5 heteroatoms. The predicted octanol–water partition coefficient (Wildman–Crippen LogP) is 3.01. The van der Waals surface area contributed by atoms with Crippen LogP contribution in [0.2, 0.25) is 0 Å². The number of hydrogen-bond donors (Lipinski definition) is 2. The largest absolute Gasteiger partial charge is 0.480 e. The molecule has 1 aromatic carbocycles. The molecule has 4 nitrogen and oxygen atoms in total. The molecule has 1 amide bonds. The Morgan fingerprint density at radius 3 is 2.50 bits per heavy atom. The highest BCUT2D eigenvalue weighted by atomic mass is 19.1. The fourth-order valence-corrected chi connectivity index (χ4v) is 2.40. The molecule has 0 aliphatic rings. The van der Waals surface area contributed by atoms with Crippen LogP contribution in [0.1, 0.15) is 39.2 Å². The number of aliphatic carboxylic acids is 1. The number of benzene rings is 1. The van der Waals surface area contributed by atoms with Gasteiger partial charge in [0.15, 0.2) is 0 Å². The Morgan fingerprint density at radius 1 is 1.27 bits per heavy atom. The molecule has 0 bridgehead atoms. The van der Waals surface area contributed by atoms with Crippen LogP contribution >= 0.6 is 0 Å². The summed E-state index contributed by atoms with van der Waals surface area (Å²) >= 11 is 0. The number of carboxylic acid groups (broad SMARTS) is 1. The molecule has 0 heterocycles. The number of carbonyl (C=O) groups is 2. The highest BCUT2D eigenvalue weighted by Crippen LogP contribution is 2.13. The Bertz CT molecular complexity index is 516. The molecule has 122 valence electrons. The van der Waals surface area contributed by atoms with Crippen molar-refractivity contribution in [2.45, 2.75) is 46.1 Å². The molecule has 0 saturated carbocycles. The van der Waals surface area contributed by atoms with Crippen molar-refractivity contribution < 1.29 is 19.1 Å². The summed E-state index contributed by atoms with van der Waals surface area (Å²) in [6.07, 6.45) is 1.20. The summed E-state index contributed by atoms with van der Waals surface area (Å²) in [7, 11) is 0. The minimum atomic E-state index is -1.01. The van der Waals surface area contributed by atoms with Crippen LogP contribution in [0, 0.1) is 17.7 Å². The first-order valence-corrected chi connectivity index (χ1v) is 7.54. The number of rotatable bonds is 8. The van der Waals surface area contributed by atoms with Crippen molar-refractivity contribution in [2.24, 2.45) is 11.8 Å². The van der Waals surface area contributed by atoms with E-state index in [1.54, 1.807) is 6.07 Å². The molecule has 0 aliphatic carbocycles. The van der Waals surface area contributed by atoms with Crippen LogP contribution in [0.25, 0.3) is 0 Å². The van der Waals surface area contributed by atoms with E-state index in [0.717, 1.165) is 5.56 Å². The summed E-state index contributed by atoms with van der Waals surface area (Å²) in [4.78, 5) is 23.1. The van der Waals surface area contributed by atoms with E-state index in [2.05, 4.69) is 5.32 Å². The number of carbonyl (C=O) groups excluding carboxylic acids is 1. The van der Waals surface area contributed by atoms with Crippen LogP contribution in [-0.4, -0.2) is 23.0 Å². The van der Waals surface area contributed by atoms with Crippen LogP contribution in [0.5, 0.6) is 0 Å². The van der Waals surface area contributed by atoms with Gasteiger partial charge in [0.05, 0.1) is 0 Å². The Kier molecular flexibility index (Phi) is 7.02. The van der Waals surface area contributed by atoms with E-state index in [9.17, 15) is 14.0 Å². The summed E-state index contributed by atoms with van der Waals surface area (Å²) < 4.78 is 13.1. The lowest BCUT2D eigenvalue weighted by Gasteiger charge is -2.18. The third-order valence-electron chi connectivity index (χ3n) is 3.35. The second-order valence-electron chi connectivity index (χ2n) is 6.23. The smallest absolute Gasteiger partial charge is 0.326 e. The molecule has 1 unspecified atom stereocenters. The van der Waals surface area contributed by atoms with Crippen molar-refractivity contribution in [1.82, 2.24) is 5.32 Å². The van der Waals surface area contributed by atoms with Crippen LogP contribution < -0.4 is 5.32 Å². The molecule has 0 fully saturated rings. The number of halogens is 1. The molecule has 0 aromatic heterocycles. The SMILES string of the molecule is CC(C)C[C@H](NC(=O)CC(C)Cc1cccc(F)c1)C(=O)O. The van der Waals surface area contributed by atoms with E-state index in [-0.39, 0.29) is 30.0 Å². The Morgan fingerprint density at radius 2 is 1.95 bits per heavy atom. The van der Waals surface area contributed by atoms with Crippen molar-refractivity contribution >= 4 is 11.9 Å². The van der Waals surface area contributed by atoms with Crippen molar-refractivity contribution in [3.8, 4) is 0 Å². The van der Waals surface area contributed by atoms with E-state index in [1.807, 2.05) is 26.8 Å². The minimum absolute atomic E-state index is 0.00953. The van der Waals surface area contributed by atoms with E-state index in [0.29, 0.717) is 12.8 Å². The molecular weight excluding hydrogens is 285 g/mol. The average molecular weight is 309 g/mol. The molecule has 0 saturated heterocycles. The lowest BCUT2D eigenvalue weighted by Crippen LogP contribution is -2.42. The number of nitrogens with one attached hydrogen (secondary N) is 1. The molecule has 22 heavy (non-hydrogen) atoms. The predicted molar refractivity (Wildman–Crippen MR) is 82.9 cm³/mol. The molecule has 1 rings (SSSR count). The highest BCUT2D eigenvalue weighted by molar-refractivity contribution is 5.83. The highest BCUT2D eigenvalue weighted by Gasteiger charge is 2.21. The zero-order chi connectivity index (χ0) is 16.7. The molecular formula is C17H24FNO3. The van der Waals surface area contributed by atoms with Gasteiger partial charge in [0.25, 0.3) is 0 Å². The van der Waals surface area contributed by atoms with Gasteiger partial charge in [-0.25, -0.2) is 9.18 Å². The summed E-state index contributed by atoms with van der Waals surface area (Å²) in [5.74, 6) is -1.39. The molecule has 0 aliphatic heterocycles. The van der Waals surface area contributed by atoms with Gasteiger partial charge in [0, 0.05) is 6.42 Å². The Hall–Kier alpha value is -1.91. The number of hydrogen-bond acceptors (Lipinski definition) is 2. The first kappa shape index (κ1) is 18.1. The third-order valence-corrected chi connectivity index (χ3v) is 3.35. The van der Waals surface area contributed by atoms with Gasteiger partial charge in [-0.15, -0.1) is 0 Å². The van der Waals surface area contributed by atoms with Gasteiger partial charge in [0.2, 0.25) is 5.91 Å². The van der Waals surface area contributed by atoms with Gasteiger partial charge >= 0.3 is 5.97 Å². The zero-order valence-electron chi connectivity index (χ0n) is 13.3. The van der Waals surface area contributed by atoms with E-state index in [1.165, 1.54) is 12.1 Å². The van der Waals surface area contributed by atoms with Gasteiger partial charge in [0.1, 0.15) is 11.9 Å². The third kappa shape index (κ3) is 6.70. The maximum Gasteiger partial charge on any atom is 0.326 e. The first-order chi connectivity index (χ1) is 10.3. The number of amides is 1. The Balaban J connectivity index is 2.50. The van der Waals surface area contributed by atoms with Crippen LogP contribution in [0.3, 0.4) is 0 Å². The number of carboxylic acids is 1. The molecule has 2 N–H and O–H groups in total. The first-order valence-electron chi connectivity index (χ1n) is 7.54. The van der Waals surface area contributed by atoms with Crippen molar-refractivity contribution in [3.63, 3.8) is 0 Å². The second kappa shape index (κ2) is 8.51. The fraction of sp³-hybridized carbons (Fsp3) is 0.529. The van der Waals surface area contributed by atoms with Crippen molar-refractivity contribution in [1.29, 1.82) is 0 Å². The summed E-state index contributed by atoms with van der Waals surface area (Å²) in [5, 5.41) is 11.7. The monoisotopic (exact) mass is 309 g/mol. The van der Waals surface area contributed by atoms with Gasteiger partial charge in [-0.05, 0) is 42.4 Å². The maximum atomic E-state index is 13.1. The van der Waals surface area contributed by atoms with Gasteiger partial charge < -0.3 is 10.4 Å². The lowest BCUT2D eigenvalue weighted by molar-refractivity contribution is -0.142. The quantitative estimate of drug-likeness (QED) is 0.776. The van der Waals surface area contributed by atoms with E-state index >= 15 is 0 Å². The topological polar surface area (TPSA) is 66.4 Å². The normalized spacial score (nSPS) is 13.7. The van der Waals surface area contributed by atoms with Crippen LogP contribution in [0.4, 0.5) is 4.39 Å². The molecule has 1 aromatic rings. The minimum Gasteiger partial charge on any atom is -0.480 e. The van der Waals surface area contributed by atoms with Crippen LogP contribution in [-0.2, 0) is 16.0 Å². The lowest BCUT2D eigenvalue weighted by atomic mass is 9.97. The van der Waals surface area contributed by atoms with E-state index in [4.69, 9.17) is 5.11 Å². The van der Waals surface area contributed by atoms with Gasteiger partial charge in [-0.1, -0.05) is 32.9 Å². The van der Waals surface area contributed by atoms with Gasteiger partial charge in [-0.2, -0.15) is 0 Å². The maximum absolute atomic E-state index is 13.1. The van der Waals surface area contributed by atoms with Crippen molar-refractivity contribution in [3.05, 3.63) is 35.6 Å². The Labute approximate surface area is 130 Å². The van der Waals surface area contributed by atoms with Crippen molar-refractivity contribution in [2.75, 3.05) is 0 Å². The zero-order valence-corrected chi connectivity index (χ0v) is 13.3. The average Bonchev–Trinajstić information content (AvgIpc) is 2.36. The van der Waals surface area contributed by atoms with Crippen LogP contribution in [0.15, 0.2) is 24.3 Å². The molecule has 0 spiro atoms. The molecule has 0 radical (unpaired) electrons.